The lowest BCUT2D eigenvalue weighted by Crippen LogP contribution is -2.64. The van der Waals surface area contributed by atoms with Crippen molar-refractivity contribution in [1.29, 1.82) is 0 Å². The first kappa shape index (κ1) is 21.0. The van der Waals surface area contributed by atoms with E-state index >= 15 is 0 Å². The zero-order valence-electron chi connectivity index (χ0n) is 17.3. The van der Waals surface area contributed by atoms with Crippen molar-refractivity contribution in [2.24, 2.45) is 0 Å². The molecule has 30 heavy (non-hydrogen) atoms. The van der Waals surface area contributed by atoms with Gasteiger partial charge in [-0.1, -0.05) is 0 Å². The highest BCUT2D eigenvalue weighted by molar-refractivity contribution is 7.13. The summed E-state index contributed by atoms with van der Waals surface area (Å²) in [5.41, 5.74) is 1.03. The molecule has 7 nitrogen and oxygen atoms in total. The minimum Gasteiger partial charge on any atom is -0.382 e. The maximum atomic E-state index is 12.9. The summed E-state index contributed by atoms with van der Waals surface area (Å²) in [6, 6.07) is 7.74. The number of ether oxygens (including phenoxy) is 2. The van der Waals surface area contributed by atoms with E-state index in [9.17, 15) is 9.59 Å². The molecule has 8 heteroatoms. The number of aryl methyl sites for hydroxylation is 1. The van der Waals surface area contributed by atoms with Crippen molar-refractivity contribution in [3.63, 3.8) is 0 Å². The Kier molecular flexibility index (Phi) is 6.46. The number of thiophene rings is 1. The lowest BCUT2D eigenvalue weighted by molar-refractivity contribution is -0.183. The summed E-state index contributed by atoms with van der Waals surface area (Å²) in [5, 5.41) is 0. The van der Waals surface area contributed by atoms with Crippen LogP contribution in [0.25, 0.3) is 0 Å². The molecule has 0 aromatic carbocycles. The van der Waals surface area contributed by atoms with Gasteiger partial charge in [-0.25, -0.2) is 0 Å². The predicted molar refractivity (Wildman–Crippen MR) is 113 cm³/mol. The molecule has 2 atom stereocenters. The van der Waals surface area contributed by atoms with Gasteiger partial charge < -0.3 is 19.3 Å². The van der Waals surface area contributed by atoms with E-state index in [2.05, 4.69) is 4.98 Å². The Morgan fingerprint density at radius 3 is 2.53 bits per heavy atom. The minimum absolute atomic E-state index is 0.0200. The van der Waals surface area contributed by atoms with Crippen LogP contribution >= 0.6 is 11.3 Å². The molecule has 2 aromatic rings. The highest BCUT2D eigenvalue weighted by Gasteiger charge is 2.52. The molecule has 4 heterocycles. The summed E-state index contributed by atoms with van der Waals surface area (Å²) < 4.78 is 10.9. The largest absolute Gasteiger partial charge is 0.382 e. The van der Waals surface area contributed by atoms with Gasteiger partial charge in [0.1, 0.15) is 0 Å². The molecule has 2 aromatic heterocycles. The van der Waals surface area contributed by atoms with Crippen molar-refractivity contribution in [2.75, 3.05) is 33.4 Å². The quantitative estimate of drug-likeness (QED) is 0.500. The third kappa shape index (κ3) is 4.12. The smallest absolute Gasteiger partial charge is 0.263 e. The van der Waals surface area contributed by atoms with Gasteiger partial charge in [0.15, 0.2) is 6.10 Å². The van der Waals surface area contributed by atoms with E-state index < -0.39 is 6.10 Å². The van der Waals surface area contributed by atoms with Crippen LogP contribution in [-0.4, -0.2) is 72.2 Å². The summed E-state index contributed by atoms with van der Waals surface area (Å²) in [6.07, 6.45) is 4.54. The van der Waals surface area contributed by atoms with Crippen molar-refractivity contribution in [2.45, 2.75) is 38.0 Å². The Balaban J connectivity index is 1.42. The lowest BCUT2D eigenvalue weighted by atomic mass is 9.86. The summed E-state index contributed by atoms with van der Waals surface area (Å²) in [7, 11) is 1.62. The number of aromatic nitrogens is 1. The second kappa shape index (κ2) is 9.24. The predicted octanol–water partition coefficient (Wildman–Crippen LogP) is 2.67. The fourth-order valence-electron chi connectivity index (χ4n) is 4.26. The number of piperidine rings is 1. The van der Waals surface area contributed by atoms with Crippen molar-refractivity contribution >= 4 is 23.2 Å². The molecule has 2 aliphatic heterocycles. The first-order valence-electron chi connectivity index (χ1n) is 10.3. The van der Waals surface area contributed by atoms with Crippen LogP contribution in [0.3, 0.4) is 0 Å². The summed E-state index contributed by atoms with van der Waals surface area (Å²) in [6.45, 7) is 4.16. The average molecular weight is 430 g/mol. The van der Waals surface area contributed by atoms with Gasteiger partial charge in [0, 0.05) is 43.5 Å². The second-order valence-corrected chi connectivity index (χ2v) is 8.98. The Hall–Kier alpha value is -2.29. The van der Waals surface area contributed by atoms with E-state index in [1.165, 1.54) is 11.3 Å². The van der Waals surface area contributed by atoms with Crippen molar-refractivity contribution in [3.05, 3.63) is 52.0 Å². The third-order valence-corrected chi connectivity index (χ3v) is 6.80. The molecule has 2 amide bonds. The molecule has 0 radical (unpaired) electrons. The zero-order valence-corrected chi connectivity index (χ0v) is 18.1. The monoisotopic (exact) mass is 429 g/mol. The standard InChI is InChI=1S/C22H27N3O4S/c1-15-3-4-18(30-15)21(26)24-11-7-17(8-12-24)25-19(16-5-9-23-10-6-16)20(22(25)27)29-14-13-28-2/h3-6,9-10,17,19-20H,7-8,11-14H2,1-2H3. The lowest BCUT2D eigenvalue weighted by Gasteiger charge is -2.52. The van der Waals surface area contributed by atoms with Crippen LogP contribution in [0.5, 0.6) is 0 Å². The highest BCUT2D eigenvalue weighted by atomic mass is 32.1. The van der Waals surface area contributed by atoms with Crippen LogP contribution in [0.2, 0.25) is 0 Å². The zero-order chi connectivity index (χ0) is 21.1. The number of pyridine rings is 1. The minimum atomic E-state index is -0.490. The number of hydrogen-bond acceptors (Lipinski definition) is 6. The molecule has 2 aliphatic rings. The topological polar surface area (TPSA) is 72.0 Å². The molecular weight excluding hydrogens is 402 g/mol. The fourth-order valence-corrected chi connectivity index (χ4v) is 5.09. The fraction of sp³-hybridized carbons (Fsp3) is 0.500. The molecule has 0 spiro atoms. The molecular formula is C22H27N3O4S. The van der Waals surface area contributed by atoms with E-state index in [0.717, 1.165) is 28.2 Å². The molecule has 0 N–H and O–H groups in total. The van der Waals surface area contributed by atoms with Gasteiger partial charge in [-0.3, -0.25) is 14.6 Å². The van der Waals surface area contributed by atoms with Crippen LogP contribution < -0.4 is 0 Å². The molecule has 0 bridgehead atoms. The molecule has 2 unspecified atom stereocenters. The SMILES string of the molecule is COCCOC1C(=O)N(C2CCN(C(=O)c3ccc(C)s3)CC2)C1c1ccncc1. The first-order valence-corrected chi connectivity index (χ1v) is 11.1. The van der Waals surface area contributed by atoms with Crippen LogP contribution in [0.1, 0.15) is 39.0 Å². The van der Waals surface area contributed by atoms with Crippen LogP contribution in [0.4, 0.5) is 0 Å². The summed E-state index contributed by atoms with van der Waals surface area (Å²) in [4.78, 5) is 35.6. The van der Waals surface area contributed by atoms with Crippen LogP contribution in [0, 0.1) is 6.92 Å². The van der Waals surface area contributed by atoms with Gasteiger partial charge in [-0.05, 0) is 49.6 Å². The van der Waals surface area contributed by atoms with E-state index in [0.29, 0.717) is 26.3 Å². The normalized spacial score (nSPS) is 22.3. The number of nitrogens with zero attached hydrogens (tertiary/aromatic N) is 3. The first-order chi connectivity index (χ1) is 14.6. The van der Waals surface area contributed by atoms with Gasteiger partial charge in [0.25, 0.3) is 11.8 Å². The second-order valence-electron chi connectivity index (χ2n) is 7.69. The number of β-lactam (4-membered cyclic amide) rings is 1. The molecule has 2 saturated heterocycles. The van der Waals surface area contributed by atoms with Gasteiger partial charge in [0.05, 0.1) is 24.1 Å². The van der Waals surface area contributed by atoms with E-state index in [1.54, 1.807) is 19.5 Å². The summed E-state index contributed by atoms with van der Waals surface area (Å²) in [5.74, 6) is 0.111. The Morgan fingerprint density at radius 2 is 1.90 bits per heavy atom. The molecule has 4 rings (SSSR count). The van der Waals surface area contributed by atoms with Crippen molar-refractivity contribution < 1.29 is 19.1 Å². The summed E-state index contributed by atoms with van der Waals surface area (Å²) >= 11 is 1.53. The number of methoxy groups -OCH3 is 1. The van der Waals surface area contributed by atoms with E-state index in [4.69, 9.17) is 9.47 Å². The maximum absolute atomic E-state index is 12.9. The maximum Gasteiger partial charge on any atom is 0.263 e. The highest BCUT2D eigenvalue weighted by Crippen LogP contribution is 2.41. The van der Waals surface area contributed by atoms with Gasteiger partial charge >= 0.3 is 0 Å². The number of amides is 2. The number of likely N-dealkylation sites (tertiary alicyclic amines) is 2. The van der Waals surface area contributed by atoms with E-state index in [1.807, 2.05) is 41.0 Å². The van der Waals surface area contributed by atoms with Crippen molar-refractivity contribution in [3.8, 4) is 0 Å². The number of carbonyl (C=O) groups is 2. The third-order valence-electron chi connectivity index (χ3n) is 5.81. The molecule has 160 valence electrons. The van der Waals surface area contributed by atoms with Crippen molar-refractivity contribution in [1.82, 2.24) is 14.8 Å². The van der Waals surface area contributed by atoms with Gasteiger partial charge in [-0.15, -0.1) is 11.3 Å². The number of carbonyl (C=O) groups excluding carboxylic acids is 2. The van der Waals surface area contributed by atoms with Gasteiger partial charge in [0.2, 0.25) is 0 Å². The molecule has 0 saturated carbocycles. The number of rotatable bonds is 7. The Bertz CT molecular complexity index is 880. The number of hydrogen-bond donors (Lipinski definition) is 0. The average Bonchev–Trinajstić information content (AvgIpc) is 3.21. The molecule has 2 fully saturated rings. The van der Waals surface area contributed by atoms with Crippen LogP contribution in [0.15, 0.2) is 36.7 Å². The Morgan fingerprint density at radius 1 is 1.17 bits per heavy atom. The van der Waals surface area contributed by atoms with Crippen LogP contribution in [-0.2, 0) is 14.3 Å². The Labute approximate surface area is 180 Å². The molecule has 0 aliphatic carbocycles. The van der Waals surface area contributed by atoms with E-state index in [-0.39, 0.29) is 23.9 Å². The van der Waals surface area contributed by atoms with Gasteiger partial charge in [-0.2, -0.15) is 0 Å².